The van der Waals surface area contributed by atoms with Gasteiger partial charge in [0, 0.05) is 13.1 Å². The second-order valence-electron chi connectivity index (χ2n) is 6.09. The molecule has 1 fully saturated rings. The molecule has 0 saturated heterocycles. The Morgan fingerprint density at radius 3 is 2.53 bits per heavy atom. The zero-order valence-corrected chi connectivity index (χ0v) is 12.0. The molecule has 1 aliphatic carbocycles. The topological polar surface area (TPSA) is 54.0 Å². The highest BCUT2D eigenvalue weighted by Crippen LogP contribution is 2.35. The molecule has 19 heavy (non-hydrogen) atoms. The SMILES string of the molecule is CNc1ccc(C(=O)NC2CCC(C)(C)CC2)nc1. The molecule has 2 N–H and O–H groups in total. The van der Waals surface area contributed by atoms with E-state index in [1.807, 2.05) is 13.1 Å². The molecule has 0 unspecified atom stereocenters. The van der Waals surface area contributed by atoms with E-state index in [1.165, 1.54) is 12.8 Å². The van der Waals surface area contributed by atoms with Crippen molar-refractivity contribution in [3.8, 4) is 0 Å². The van der Waals surface area contributed by atoms with Gasteiger partial charge in [0.2, 0.25) is 0 Å². The van der Waals surface area contributed by atoms with E-state index in [-0.39, 0.29) is 5.91 Å². The number of pyridine rings is 1. The molecule has 1 amide bonds. The molecule has 1 saturated carbocycles. The van der Waals surface area contributed by atoms with E-state index in [4.69, 9.17) is 0 Å². The summed E-state index contributed by atoms with van der Waals surface area (Å²) in [6, 6.07) is 3.92. The number of amides is 1. The molecular formula is C15H23N3O. The van der Waals surface area contributed by atoms with Crippen molar-refractivity contribution in [1.29, 1.82) is 0 Å². The lowest BCUT2D eigenvalue weighted by molar-refractivity contribution is 0.0904. The third-order valence-electron chi connectivity index (χ3n) is 3.96. The summed E-state index contributed by atoms with van der Waals surface area (Å²) in [4.78, 5) is 16.2. The lowest BCUT2D eigenvalue weighted by Gasteiger charge is -2.34. The first-order chi connectivity index (χ1) is 9.00. The largest absolute Gasteiger partial charge is 0.387 e. The van der Waals surface area contributed by atoms with Gasteiger partial charge < -0.3 is 10.6 Å². The van der Waals surface area contributed by atoms with Gasteiger partial charge >= 0.3 is 0 Å². The fourth-order valence-electron chi connectivity index (χ4n) is 2.48. The van der Waals surface area contributed by atoms with Crippen LogP contribution < -0.4 is 10.6 Å². The van der Waals surface area contributed by atoms with E-state index in [9.17, 15) is 4.79 Å². The lowest BCUT2D eigenvalue weighted by atomic mass is 9.75. The van der Waals surface area contributed by atoms with Gasteiger partial charge in [0.05, 0.1) is 11.9 Å². The molecule has 0 aromatic carbocycles. The molecule has 4 heteroatoms. The van der Waals surface area contributed by atoms with Crippen molar-refractivity contribution in [1.82, 2.24) is 10.3 Å². The van der Waals surface area contributed by atoms with Crippen molar-refractivity contribution in [3.63, 3.8) is 0 Å². The second-order valence-corrected chi connectivity index (χ2v) is 6.09. The van der Waals surface area contributed by atoms with Crippen LogP contribution in [0.2, 0.25) is 0 Å². The second kappa shape index (κ2) is 5.59. The first kappa shape index (κ1) is 13.8. The van der Waals surface area contributed by atoms with Gasteiger partial charge in [0.1, 0.15) is 5.69 Å². The minimum absolute atomic E-state index is 0.0626. The summed E-state index contributed by atoms with van der Waals surface area (Å²) >= 11 is 0. The monoisotopic (exact) mass is 261 g/mol. The van der Waals surface area contributed by atoms with Gasteiger partial charge in [-0.1, -0.05) is 13.8 Å². The van der Waals surface area contributed by atoms with Crippen LogP contribution in [0.3, 0.4) is 0 Å². The highest BCUT2D eigenvalue weighted by atomic mass is 16.1. The number of carbonyl (C=O) groups is 1. The molecule has 1 aromatic heterocycles. The Kier molecular flexibility index (Phi) is 4.08. The maximum absolute atomic E-state index is 12.1. The Hall–Kier alpha value is -1.58. The smallest absolute Gasteiger partial charge is 0.270 e. The third kappa shape index (κ3) is 3.69. The van der Waals surface area contributed by atoms with E-state index in [2.05, 4.69) is 29.5 Å². The van der Waals surface area contributed by atoms with Crippen molar-refractivity contribution >= 4 is 11.6 Å². The Labute approximate surface area is 115 Å². The molecule has 0 bridgehead atoms. The zero-order valence-electron chi connectivity index (χ0n) is 12.0. The van der Waals surface area contributed by atoms with Crippen molar-refractivity contribution in [2.75, 3.05) is 12.4 Å². The van der Waals surface area contributed by atoms with E-state index >= 15 is 0 Å². The summed E-state index contributed by atoms with van der Waals surface area (Å²) in [6.45, 7) is 4.59. The van der Waals surface area contributed by atoms with Gasteiger partial charge in [0.25, 0.3) is 5.91 Å². The van der Waals surface area contributed by atoms with E-state index in [0.717, 1.165) is 18.5 Å². The molecule has 0 aliphatic heterocycles. The molecule has 2 rings (SSSR count). The van der Waals surface area contributed by atoms with Gasteiger partial charge in [-0.05, 0) is 43.2 Å². The predicted octanol–water partition coefficient (Wildman–Crippen LogP) is 2.82. The van der Waals surface area contributed by atoms with Crippen LogP contribution in [-0.2, 0) is 0 Å². The molecule has 0 radical (unpaired) electrons. The van der Waals surface area contributed by atoms with Crippen LogP contribution in [0.5, 0.6) is 0 Å². The van der Waals surface area contributed by atoms with Crippen molar-refractivity contribution in [2.24, 2.45) is 5.41 Å². The Morgan fingerprint density at radius 1 is 1.32 bits per heavy atom. The average Bonchev–Trinajstić information content (AvgIpc) is 2.41. The highest BCUT2D eigenvalue weighted by molar-refractivity contribution is 5.92. The van der Waals surface area contributed by atoms with Gasteiger partial charge in [-0.2, -0.15) is 0 Å². The van der Waals surface area contributed by atoms with Gasteiger partial charge in [0.15, 0.2) is 0 Å². The number of hydrogen-bond donors (Lipinski definition) is 2. The van der Waals surface area contributed by atoms with Crippen molar-refractivity contribution in [2.45, 2.75) is 45.6 Å². The molecule has 104 valence electrons. The van der Waals surface area contributed by atoms with Crippen LogP contribution in [0.4, 0.5) is 5.69 Å². The normalized spacial score (nSPS) is 18.9. The predicted molar refractivity (Wildman–Crippen MR) is 77.3 cm³/mol. The maximum Gasteiger partial charge on any atom is 0.270 e. The number of carbonyl (C=O) groups excluding carboxylic acids is 1. The van der Waals surface area contributed by atoms with Crippen LogP contribution in [0.1, 0.15) is 50.0 Å². The fourth-order valence-corrected chi connectivity index (χ4v) is 2.48. The first-order valence-electron chi connectivity index (χ1n) is 6.95. The number of rotatable bonds is 3. The number of anilines is 1. The van der Waals surface area contributed by atoms with E-state index in [0.29, 0.717) is 17.2 Å². The van der Waals surface area contributed by atoms with Crippen LogP contribution in [0.25, 0.3) is 0 Å². The molecular weight excluding hydrogens is 238 g/mol. The molecule has 1 aromatic rings. The number of aromatic nitrogens is 1. The first-order valence-corrected chi connectivity index (χ1v) is 6.95. The minimum Gasteiger partial charge on any atom is -0.387 e. The van der Waals surface area contributed by atoms with Gasteiger partial charge in [-0.15, -0.1) is 0 Å². The molecule has 4 nitrogen and oxygen atoms in total. The number of nitrogens with one attached hydrogen (secondary N) is 2. The zero-order chi connectivity index (χ0) is 13.9. The summed E-state index contributed by atoms with van der Waals surface area (Å²) in [7, 11) is 1.83. The Bertz CT molecular complexity index is 429. The van der Waals surface area contributed by atoms with Crippen LogP contribution in [0.15, 0.2) is 18.3 Å². The maximum atomic E-state index is 12.1. The van der Waals surface area contributed by atoms with E-state index < -0.39 is 0 Å². The van der Waals surface area contributed by atoms with Crippen LogP contribution in [0, 0.1) is 5.41 Å². The molecule has 0 atom stereocenters. The number of hydrogen-bond acceptors (Lipinski definition) is 3. The van der Waals surface area contributed by atoms with Gasteiger partial charge in [-0.25, -0.2) is 4.98 Å². The molecule has 0 spiro atoms. The van der Waals surface area contributed by atoms with Crippen molar-refractivity contribution < 1.29 is 4.79 Å². The lowest BCUT2D eigenvalue weighted by Crippen LogP contribution is -2.39. The average molecular weight is 261 g/mol. The highest BCUT2D eigenvalue weighted by Gasteiger charge is 2.27. The fraction of sp³-hybridized carbons (Fsp3) is 0.600. The summed E-state index contributed by atoms with van der Waals surface area (Å²) in [5, 5.41) is 6.08. The molecule has 1 aliphatic rings. The Morgan fingerprint density at radius 2 is 2.00 bits per heavy atom. The summed E-state index contributed by atoms with van der Waals surface area (Å²) in [5.74, 6) is -0.0626. The Balaban J connectivity index is 1.90. The minimum atomic E-state index is -0.0626. The van der Waals surface area contributed by atoms with Crippen LogP contribution >= 0.6 is 0 Å². The van der Waals surface area contributed by atoms with E-state index in [1.54, 1.807) is 12.3 Å². The standard InChI is InChI=1S/C15H23N3O/c1-15(2)8-6-11(7-9-15)18-14(19)13-5-4-12(16-3)10-17-13/h4-5,10-11,16H,6-9H2,1-3H3,(H,18,19). The summed E-state index contributed by atoms with van der Waals surface area (Å²) < 4.78 is 0. The van der Waals surface area contributed by atoms with Crippen molar-refractivity contribution in [3.05, 3.63) is 24.0 Å². The van der Waals surface area contributed by atoms with Crippen LogP contribution in [-0.4, -0.2) is 24.0 Å². The third-order valence-corrected chi connectivity index (χ3v) is 3.96. The summed E-state index contributed by atoms with van der Waals surface area (Å²) in [5.41, 5.74) is 1.83. The number of nitrogens with zero attached hydrogens (tertiary/aromatic N) is 1. The van der Waals surface area contributed by atoms with Gasteiger partial charge in [-0.3, -0.25) is 4.79 Å². The quantitative estimate of drug-likeness (QED) is 0.879. The molecule has 1 heterocycles. The summed E-state index contributed by atoms with van der Waals surface area (Å²) in [6.07, 6.45) is 6.15.